The van der Waals surface area contributed by atoms with Crippen LogP contribution in [0.2, 0.25) is 0 Å². The smallest absolute Gasteiger partial charge is 0.166 e. The zero-order chi connectivity index (χ0) is 16.7. The molecule has 0 aliphatic heterocycles. The maximum Gasteiger partial charge on any atom is 0.166 e. The minimum Gasteiger partial charge on any atom is -0.373 e. The summed E-state index contributed by atoms with van der Waals surface area (Å²) in [6.45, 7) is 10.5. The van der Waals surface area contributed by atoms with E-state index in [-0.39, 0.29) is 6.10 Å². The second-order valence-electron chi connectivity index (χ2n) is 6.09. The van der Waals surface area contributed by atoms with Gasteiger partial charge in [0.2, 0.25) is 0 Å². The van der Waals surface area contributed by atoms with Crippen LogP contribution in [0.15, 0.2) is 0 Å². The van der Waals surface area contributed by atoms with Gasteiger partial charge in [0.15, 0.2) is 5.41 Å². The van der Waals surface area contributed by atoms with E-state index in [0.29, 0.717) is 13.2 Å². The predicted molar refractivity (Wildman–Crippen MR) is 98.6 cm³/mol. The van der Waals surface area contributed by atoms with E-state index in [9.17, 15) is 0 Å². The highest BCUT2D eigenvalue weighted by Crippen LogP contribution is 2.23. The molecule has 0 rings (SSSR count). The summed E-state index contributed by atoms with van der Waals surface area (Å²) in [6.07, 6.45) is 11.9. The van der Waals surface area contributed by atoms with Crippen LogP contribution in [0.5, 0.6) is 0 Å². The molecule has 0 saturated carbocycles. The third kappa shape index (κ3) is 9.98. The molecular weight excluding hydrogens is 292 g/mol. The molecule has 0 aromatic carbocycles. The van der Waals surface area contributed by atoms with Gasteiger partial charge in [0.1, 0.15) is 6.10 Å². The van der Waals surface area contributed by atoms with Crippen LogP contribution in [0.3, 0.4) is 0 Å². The van der Waals surface area contributed by atoms with Crippen molar-refractivity contribution in [3.05, 3.63) is 0 Å². The molecule has 0 N–H and O–H groups in total. The molecular formula is C18H40O3Si. The predicted octanol–water partition coefficient (Wildman–Crippen LogP) is 4.01. The van der Waals surface area contributed by atoms with Crippen molar-refractivity contribution in [2.24, 2.45) is 0 Å². The van der Waals surface area contributed by atoms with E-state index in [0.717, 1.165) is 23.3 Å². The van der Waals surface area contributed by atoms with Crippen LogP contribution in [0.1, 0.15) is 85.5 Å². The highest BCUT2D eigenvalue weighted by molar-refractivity contribution is 6.13. The van der Waals surface area contributed by atoms with Crippen LogP contribution < -0.4 is 0 Å². The molecule has 0 amide bonds. The summed E-state index contributed by atoms with van der Waals surface area (Å²) in [4.78, 5) is 0. The summed E-state index contributed by atoms with van der Waals surface area (Å²) in [7, 11) is 0.836. The van der Waals surface area contributed by atoms with E-state index >= 15 is 0 Å². The highest BCUT2D eigenvalue weighted by Gasteiger charge is 2.35. The highest BCUT2D eigenvalue weighted by atomic mass is 28.1. The summed E-state index contributed by atoms with van der Waals surface area (Å²) in [6, 6.07) is 0. The molecule has 0 saturated heterocycles. The minimum atomic E-state index is -0.472. The van der Waals surface area contributed by atoms with Gasteiger partial charge in [-0.05, 0) is 27.2 Å². The Bertz CT molecular complexity index is 230. The lowest BCUT2D eigenvalue weighted by Gasteiger charge is -2.37. The zero-order valence-corrected chi connectivity index (χ0v) is 17.8. The minimum absolute atomic E-state index is 0.0872. The van der Waals surface area contributed by atoms with Gasteiger partial charge < -0.3 is 14.2 Å². The lowest BCUT2D eigenvalue weighted by molar-refractivity contribution is -0.237. The first kappa shape index (κ1) is 22.1. The molecule has 0 aromatic heterocycles. The summed E-state index contributed by atoms with van der Waals surface area (Å²) >= 11 is 0. The van der Waals surface area contributed by atoms with E-state index in [1.165, 1.54) is 51.4 Å². The third-order valence-corrected chi connectivity index (χ3v) is 5.36. The molecule has 1 atom stereocenters. The van der Waals surface area contributed by atoms with Crippen molar-refractivity contribution in [3.63, 3.8) is 0 Å². The van der Waals surface area contributed by atoms with Gasteiger partial charge in [-0.3, -0.25) is 0 Å². The van der Waals surface area contributed by atoms with Gasteiger partial charge in [-0.2, -0.15) is 0 Å². The average Bonchev–Trinajstić information content (AvgIpc) is 2.49. The molecule has 134 valence electrons. The van der Waals surface area contributed by atoms with E-state index in [1.807, 2.05) is 13.8 Å². The monoisotopic (exact) mass is 332 g/mol. The van der Waals surface area contributed by atoms with Crippen LogP contribution in [-0.4, -0.2) is 41.6 Å². The normalized spacial score (nSPS) is 13.6. The SMILES string of the molecule is CCCCCCCCCCC(OCC)C([SiH3])(OCC)OCC. The molecule has 0 heterocycles. The molecule has 0 spiro atoms. The number of hydrogen-bond donors (Lipinski definition) is 0. The van der Waals surface area contributed by atoms with Gasteiger partial charge >= 0.3 is 0 Å². The van der Waals surface area contributed by atoms with E-state index in [4.69, 9.17) is 14.2 Å². The molecule has 0 aliphatic carbocycles. The molecule has 0 radical (unpaired) electrons. The number of ether oxygens (including phenoxy) is 3. The molecule has 0 fully saturated rings. The topological polar surface area (TPSA) is 27.7 Å². The number of hydrogen-bond acceptors (Lipinski definition) is 3. The van der Waals surface area contributed by atoms with Crippen molar-refractivity contribution in [1.29, 1.82) is 0 Å². The largest absolute Gasteiger partial charge is 0.373 e. The van der Waals surface area contributed by atoms with Gasteiger partial charge in [-0.15, -0.1) is 0 Å². The van der Waals surface area contributed by atoms with Crippen molar-refractivity contribution in [1.82, 2.24) is 0 Å². The summed E-state index contributed by atoms with van der Waals surface area (Å²) in [5.74, 6) is 0. The third-order valence-electron chi connectivity index (χ3n) is 4.13. The van der Waals surface area contributed by atoms with Gasteiger partial charge in [-0.25, -0.2) is 0 Å². The fraction of sp³-hybridized carbons (Fsp3) is 1.00. The Hall–Kier alpha value is 0.0969. The molecule has 0 bridgehead atoms. The second kappa shape index (κ2) is 14.7. The van der Waals surface area contributed by atoms with Gasteiger partial charge in [-0.1, -0.05) is 58.3 Å². The van der Waals surface area contributed by atoms with Gasteiger partial charge in [0, 0.05) is 19.8 Å². The van der Waals surface area contributed by atoms with Crippen molar-refractivity contribution < 1.29 is 14.2 Å². The Morgan fingerprint density at radius 3 is 1.68 bits per heavy atom. The Morgan fingerprint density at radius 1 is 0.727 bits per heavy atom. The summed E-state index contributed by atoms with van der Waals surface area (Å²) in [5, 5.41) is 0. The molecule has 1 unspecified atom stereocenters. The van der Waals surface area contributed by atoms with Crippen LogP contribution >= 0.6 is 0 Å². The Kier molecular flexibility index (Phi) is 14.7. The maximum atomic E-state index is 5.96. The molecule has 0 aliphatic rings. The Labute approximate surface area is 141 Å². The Balaban J connectivity index is 4.06. The molecule has 0 aromatic rings. The van der Waals surface area contributed by atoms with Crippen molar-refractivity contribution in [2.75, 3.05) is 19.8 Å². The average molecular weight is 333 g/mol. The van der Waals surface area contributed by atoms with Gasteiger partial charge in [0.25, 0.3) is 0 Å². The first-order chi connectivity index (χ1) is 10.6. The lowest BCUT2D eigenvalue weighted by Crippen LogP contribution is -2.49. The first-order valence-electron chi connectivity index (χ1n) is 9.54. The van der Waals surface area contributed by atoms with Crippen molar-refractivity contribution >= 4 is 10.2 Å². The van der Waals surface area contributed by atoms with E-state index < -0.39 is 5.41 Å². The summed E-state index contributed by atoms with van der Waals surface area (Å²) in [5.41, 5.74) is -0.472. The maximum absolute atomic E-state index is 5.96. The fourth-order valence-electron chi connectivity index (χ4n) is 2.96. The number of rotatable bonds is 16. The first-order valence-corrected chi connectivity index (χ1v) is 10.5. The molecule has 22 heavy (non-hydrogen) atoms. The van der Waals surface area contributed by atoms with Crippen LogP contribution in [0, 0.1) is 0 Å². The standard InChI is InChI=1S/C18H40O3Si/c1-5-9-10-11-12-13-14-15-16-17(19-6-2)18(22,20-7-3)21-8-4/h17H,5-16H2,1-4,22H3. The second-order valence-corrected chi connectivity index (χ2v) is 7.48. The van der Waals surface area contributed by atoms with Crippen LogP contribution in [0.25, 0.3) is 0 Å². The number of unbranched alkanes of at least 4 members (excludes halogenated alkanes) is 7. The fourth-order valence-corrected chi connectivity index (χ4v) is 4.00. The van der Waals surface area contributed by atoms with Crippen LogP contribution in [0.4, 0.5) is 0 Å². The van der Waals surface area contributed by atoms with Gasteiger partial charge in [0.05, 0.1) is 10.2 Å². The molecule has 4 heteroatoms. The Morgan fingerprint density at radius 2 is 1.23 bits per heavy atom. The van der Waals surface area contributed by atoms with Crippen molar-refractivity contribution in [2.45, 2.75) is 97.0 Å². The van der Waals surface area contributed by atoms with E-state index in [2.05, 4.69) is 13.8 Å². The molecule has 3 nitrogen and oxygen atoms in total. The van der Waals surface area contributed by atoms with Crippen molar-refractivity contribution in [3.8, 4) is 0 Å². The van der Waals surface area contributed by atoms with Crippen LogP contribution in [-0.2, 0) is 14.2 Å². The van der Waals surface area contributed by atoms with E-state index in [1.54, 1.807) is 0 Å². The summed E-state index contributed by atoms with van der Waals surface area (Å²) < 4.78 is 17.8. The zero-order valence-electron chi connectivity index (χ0n) is 15.8. The lowest BCUT2D eigenvalue weighted by atomic mass is 10.1. The quantitative estimate of drug-likeness (QED) is 0.243.